The zero-order valence-corrected chi connectivity index (χ0v) is 17.8. The van der Waals surface area contributed by atoms with Gasteiger partial charge in [-0.3, -0.25) is 4.90 Å². The number of aromatic nitrogens is 3. The van der Waals surface area contributed by atoms with Gasteiger partial charge in [-0.2, -0.15) is 0 Å². The molecule has 2 aromatic carbocycles. The highest BCUT2D eigenvalue weighted by Crippen LogP contribution is 2.22. The van der Waals surface area contributed by atoms with Crippen LogP contribution >= 0.6 is 0 Å². The van der Waals surface area contributed by atoms with Gasteiger partial charge in [-0.1, -0.05) is 30.4 Å². The van der Waals surface area contributed by atoms with Crippen LogP contribution in [0, 0.1) is 0 Å². The van der Waals surface area contributed by atoms with Crippen molar-refractivity contribution >= 4 is 10.8 Å². The third kappa shape index (κ3) is 4.59. The SMILES string of the molecule is C=CCn1c(=O)n(CC=C)c(=O)n(CN(C)Cc2ccc3cc(OC)ccc3c2)c1=O. The lowest BCUT2D eigenvalue weighted by molar-refractivity contribution is 0.240. The quantitative estimate of drug-likeness (QED) is 0.492. The molecule has 8 nitrogen and oxygen atoms in total. The molecular weight excluding hydrogens is 396 g/mol. The number of hydrogen-bond donors (Lipinski definition) is 0. The van der Waals surface area contributed by atoms with Gasteiger partial charge >= 0.3 is 17.1 Å². The van der Waals surface area contributed by atoms with E-state index >= 15 is 0 Å². The highest BCUT2D eigenvalue weighted by atomic mass is 16.5. The average molecular weight is 422 g/mol. The molecule has 0 amide bonds. The van der Waals surface area contributed by atoms with Crippen LogP contribution in [0.1, 0.15) is 5.56 Å². The summed E-state index contributed by atoms with van der Waals surface area (Å²) >= 11 is 0. The molecule has 0 aliphatic carbocycles. The largest absolute Gasteiger partial charge is 0.497 e. The molecule has 162 valence electrons. The molecule has 0 bridgehead atoms. The molecule has 3 aromatic rings. The summed E-state index contributed by atoms with van der Waals surface area (Å²) in [5, 5.41) is 2.13. The first-order valence-corrected chi connectivity index (χ1v) is 9.81. The Balaban J connectivity index is 1.91. The summed E-state index contributed by atoms with van der Waals surface area (Å²) in [6.45, 7) is 7.76. The van der Waals surface area contributed by atoms with Crippen molar-refractivity contribution in [2.75, 3.05) is 14.2 Å². The first-order valence-electron chi connectivity index (χ1n) is 9.81. The lowest BCUT2D eigenvalue weighted by Crippen LogP contribution is -2.55. The minimum atomic E-state index is -0.668. The summed E-state index contributed by atoms with van der Waals surface area (Å²) in [6.07, 6.45) is 2.90. The predicted octanol–water partition coefficient (Wildman–Crippen LogP) is 1.79. The first kappa shape index (κ1) is 22.0. The summed E-state index contributed by atoms with van der Waals surface area (Å²) in [5.74, 6) is 0.794. The van der Waals surface area contributed by atoms with E-state index in [1.54, 1.807) is 7.11 Å². The topological polar surface area (TPSA) is 78.5 Å². The van der Waals surface area contributed by atoms with Crippen LogP contribution in [0.4, 0.5) is 0 Å². The normalized spacial score (nSPS) is 11.1. The van der Waals surface area contributed by atoms with Gasteiger partial charge in [0.15, 0.2) is 0 Å². The Morgan fingerprint density at radius 1 is 0.871 bits per heavy atom. The van der Waals surface area contributed by atoms with Gasteiger partial charge in [0.25, 0.3) is 0 Å². The zero-order valence-electron chi connectivity index (χ0n) is 17.8. The molecule has 0 atom stereocenters. The van der Waals surface area contributed by atoms with Gasteiger partial charge in [0.1, 0.15) is 5.75 Å². The van der Waals surface area contributed by atoms with E-state index < -0.39 is 17.1 Å². The Labute approximate surface area is 179 Å². The zero-order chi connectivity index (χ0) is 22.5. The van der Waals surface area contributed by atoms with Crippen LogP contribution in [0.15, 0.2) is 76.1 Å². The molecule has 0 spiro atoms. The van der Waals surface area contributed by atoms with Gasteiger partial charge < -0.3 is 4.74 Å². The van der Waals surface area contributed by atoms with Gasteiger partial charge in [0, 0.05) is 6.54 Å². The van der Waals surface area contributed by atoms with Crippen molar-refractivity contribution in [3.05, 3.63) is 98.7 Å². The van der Waals surface area contributed by atoms with Crippen LogP contribution in [0.2, 0.25) is 0 Å². The monoisotopic (exact) mass is 422 g/mol. The molecule has 0 saturated heterocycles. The molecule has 3 rings (SSSR count). The third-order valence-electron chi connectivity index (χ3n) is 4.96. The number of nitrogens with zero attached hydrogens (tertiary/aromatic N) is 4. The van der Waals surface area contributed by atoms with E-state index in [0.717, 1.165) is 35.8 Å². The molecule has 0 fully saturated rings. The Morgan fingerprint density at radius 3 is 2.00 bits per heavy atom. The molecule has 31 heavy (non-hydrogen) atoms. The fraction of sp³-hybridized carbons (Fsp3) is 0.261. The molecule has 0 aliphatic rings. The van der Waals surface area contributed by atoms with E-state index in [0.29, 0.717) is 6.54 Å². The van der Waals surface area contributed by atoms with Gasteiger partial charge in [0.2, 0.25) is 0 Å². The summed E-state index contributed by atoms with van der Waals surface area (Å²) < 4.78 is 8.31. The van der Waals surface area contributed by atoms with Crippen molar-refractivity contribution in [2.45, 2.75) is 26.3 Å². The molecule has 1 aromatic heterocycles. The Kier molecular flexibility index (Phi) is 6.71. The minimum absolute atomic E-state index is 0.0208. The number of methoxy groups -OCH3 is 1. The van der Waals surface area contributed by atoms with Crippen LogP contribution in [0.5, 0.6) is 5.75 Å². The molecule has 1 heterocycles. The Morgan fingerprint density at radius 2 is 1.42 bits per heavy atom. The third-order valence-corrected chi connectivity index (χ3v) is 4.96. The fourth-order valence-electron chi connectivity index (χ4n) is 3.48. The lowest BCUT2D eigenvalue weighted by atomic mass is 10.1. The van der Waals surface area contributed by atoms with Crippen molar-refractivity contribution in [3.8, 4) is 5.75 Å². The van der Waals surface area contributed by atoms with E-state index in [1.165, 1.54) is 12.2 Å². The van der Waals surface area contributed by atoms with Crippen LogP contribution in [-0.2, 0) is 26.3 Å². The van der Waals surface area contributed by atoms with Crippen molar-refractivity contribution in [1.82, 2.24) is 18.6 Å². The van der Waals surface area contributed by atoms with Gasteiger partial charge in [0.05, 0.1) is 26.9 Å². The molecule has 0 saturated carbocycles. The number of benzene rings is 2. The van der Waals surface area contributed by atoms with Crippen molar-refractivity contribution in [3.63, 3.8) is 0 Å². The van der Waals surface area contributed by atoms with Crippen LogP contribution in [-0.4, -0.2) is 32.8 Å². The summed E-state index contributed by atoms with van der Waals surface area (Å²) in [4.78, 5) is 39.9. The maximum absolute atomic E-state index is 12.8. The van der Waals surface area contributed by atoms with Crippen molar-refractivity contribution < 1.29 is 4.74 Å². The molecule has 0 radical (unpaired) electrons. The Hall–Kier alpha value is -3.65. The molecule has 0 unspecified atom stereocenters. The Bertz CT molecular complexity index is 1250. The number of ether oxygens (including phenoxy) is 1. The van der Waals surface area contributed by atoms with E-state index in [1.807, 2.05) is 42.3 Å². The van der Waals surface area contributed by atoms with Crippen LogP contribution in [0.25, 0.3) is 10.8 Å². The van der Waals surface area contributed by atoms with Crippen molar-refractivity contribution in [1.29, 1.82) is 0 Å². The summed E-state index contributed by atoms with van der Waals surface area (Å²) in [6, 6.07) is 11.9. The molecule has 8 heteroatoms. The summed E-state index contributed by atoms with van der Waals surface area (Å²) in [7, 11) is 3.44. The van der Waals surface area contributed by atoms with Gasteiger partial charge in [-0.15, -0.1) is 13.2 Å². The van der Waals surface area contributed by atoms with E-state index in [2.05, 4.69) is 19.2 Å². The highest BCUT2D eigenvalue weighted by Gasteiger charge is 2.15. The molecule has 0 aliphatic heterocycles. The predicted molar refractivity (Wildman–Crippen MR) is 122 cm³/mol. The average Bonchev–Trinajstić information content (AvgIpc) is 2.77. The second-order valence-electron chi connectivity index (χ2n) is 7.28. The molecular formula is C23H26N4O4. The van der Waals surface area contributed by atoms with Crippen LogP contribution < -0.4 is 21.8 Å². The number of allylic oxidation sites excluding steroid dienone is 2. The second kappa shape index (κ2) is 9.44. The van der Waals surface area contributed by atoms with E-state index in [4.69, 9.17) is 4.74 Å². The van der Waals surface area contributed by atoms with Gasteiger partial charge in [-0.05, 0) is 41.6 Å². The van der Waals surface area contributed by atoms with Crippen LogP contribution in [0.3, 0.4) is 0 Å². The van der Waals surface area contributed by atoms with Crippen molar-refractivity contribution in [2.24, 2.45) is 0 Å². The fourth-order valence-corrected chi connectivity index (χ4v) is 3.48. The maximum atomic E-state index is 12.8. The highest BCUT2D eigenvalue weighted by molar-refractivity contribution is 5.84. The van der Waals surface area contributed by atoms with Gasteiger partial charge in [-0.25, -0.2) is 28.1 Å². The smallest absolute Gasteiger partial charge is 0.337 e. The number of rotatable bonds is 9. The minimum Gasteiger partial charge on any atom is -0.497 e. The number of fused-ring (bicyclic) bond motifs is 1. The number of hydrogen-bond acceptors (Lipinski definition) is 5. The maximum Gasteiger partial charge on any atom is 0.337 e. The lowest BCUT2D eigenvalue weighted by Gasteiger charge is -2.19. The van der Waals surface area contributed by atoms with E-state index in [-0.39, 0.29) is 19.8 Å². The first-order chi connectivity index (χ1) is 14.9. The molecule has 0 N–H and O–H groups in total. The second-order valence-corrected chi connectivity index (χ2v) is 7.28. The standard InChI is InChI=1S/C23H26N4O4/c1-5-11-25-21(28)26(12-6-2)23(30)27(22(25)29)16-24(3)15-17-7-8-19-14-20(31-4)10-9-18(19)13-17/h5-10,13-14H,1-2,11-12,15-16H2,3-4H3. The summed E-state index contributed by atoms with van der Waals surface area (Å²) in [5.41, 5.74) is -0.960. The van der Waals surface area contributed by atoms with E-state index in [9.17, 15) is 14.4 Å².